The quantitative estimate of drug-likeness (QED) is 0.407. The van der Waals surface area contributed by atoms with Crippen molar-refractivity contribution in [3.05, 3.63) is 0 Å². The predicted molar refractivity (Wildman–Crippen MR) is 123 cm³/mol. The zero-order valence-electron chi connectivity index (χ0n) is 18.6. The zero-order valence-corrected chi connectivity index (χ0v) is 24.9. The summed E-state index contributed by atoms with van der Waals surface area (Å²) < 4.78 is 31.2. The Labute approximate surface area is 164 Å². The first-order valence-corrected chi connectivity index (χ1v) is 26.2. The fraction of sp³-hybridized carbons (Fsp3) is 1.00. The van der Waals surface area contributed by atoms with Gasteiger partial charge in [0.25, 0.3) is 0 Å². The van der Waals surface area contributed by atoms with Gasteiger partial charge in [-0.15, -0.1) is 0 Å². The molecule has 0 bridgehead atoms. The molecule has 0 unspecified atom stereocenters. The Balaban J connectivity index is 4.93. The van der Waals surface area contributed by atoms with Gasteiger partial charge in [0.15, 0.2) is 34.7 Å². The molecule has 0 atom stereocenters. The highest BCUT2D eigenvalue weighted by Crippen LogP contribution is 2.28. The molecular weight excluding hydrogens is 417 g/mol. The van der Waals surface area contributed by atoms with Crippen LogP contribution >= 0.6 is 0 Å². The van der Waals surface area contributed by atoms with E-state index in [9.17, 15) is 0 Å². The maximum atomic E-state index is 6.65. The molecule has 0 fully saturated rings. The first-order valence-electron chi connectivity index (χ1n) is 9.33. The molecule has 0 heterocycles. The lowest BCUT2D eigenvalue weighted by molar-refractivity contribution is 0.272. The van der Waals surface area contributed by atoms with Crippen molar-refractivity contribution in [2.45, 2.75) is 84.1 Å². The molecule has 0 rings (SSSR count). The van der Waals surface area contributed by atoms with Crippen LogP contribution in [0, 0.1) is 0 Å². The molecule has 0 aromatic heterocycles. The lowest BCUT2D eigenvalue weighted by Gasteiger charge is -2.39. The maximum Gasteiger partial charge on any atom is 0.465 e. The van der Waals surface area contributed by atoms with Crippen molar-refractivity contribution in [2.24, 2.45) is 0 Å². The van der Waals surface area contributed by atoms with Crippen molar-refractivity contribution in [3.63, 3.8) is 0 Å². The van der Waals surface area contributed by atoms with Gasteiger partial charge in [-0.2, -0.15) is 0 Å². The van der Waals surface area contributed by atoms with Crippen LogP contribution in [0.5, 0.6) is 0 Å². The van der Waals surface area contributed by atoms with Crippen LogP contribution in [0.15, 0.2) is 0 Å². The molecule has 25 heavy (non-hydrogen) atoms. The summed E-state index contributed by atoms with van der Waals surface area (Å²) in [4.78, 5) is 0. The Kier molecular flexibility index (Phi) is 10.5. The minimum Gasteiger partial charge on any atom is -0.436 e. The molecule has 0 aromatic carbocycles. The van der Waals surface area contributed by atoms with Gasteiger partial charge in [-0.05, 0) is 77.6 Å². The molecule has 152 valence electrons. The highest BCUT2D eigenvalue weighted by atomic mass is 28.5. The minimum atomic E-state index is -2.52. The van der Waals surface area contributed by atoms with Gasteiger partial charge in [-0.3, -0.25) is 0 Å². The zero-order chi connectivity index (χ0) is 20.1. The van der Waals surface area contributed by atoms with Gasteiger partial charge in [0.05, 0.1) is 0 Å². The third-order valence-electron chi connectivity index (χ3n) is 3.70. The molecular formula is C14H42O5Si6. The van der Waals surface area contributed by atoms with Crippen molar-refractivity contribution in [2.75, 3.05) is 7.11 Å². The molecule has 5 nitrogen and oxygen atoms in total. The highest BCUT2D eigenvalue weighted by molar-refractivity contribution is 6.87. The van der Waals surface area contributed by atoms with E-state index in [2.05, 4.69) is 72.0 Å². The van der Waals surface area contributed by atoms with E-state index >= 15 is 0 Å². The minimum absolute atomic E-state index is 1.08. The number of hydrogen-bond donors (Lipinski definition) is 0. The maximum absolute atomic E-state index is 6.65. The van der Waals surface area contributed by atoms with Gasteiger partial charge >= 0.3 is 17.4 Å². The normalized spacial score (nSPS) is 14.6. The summed E-state index contributed by atoms with van der Waals surface area (Å²) in [7, 11) is -8.80. The molecule has 0 aliphatic heterocycles. The van der Waals surface area contributed by atoms with Crippen molar-refractivity contribution in [1.82, 2.24) is 0 Å². The average Bonchev–Trinajstić information content (AvgIpc) is 2.32. The Morgan fingerprint density at radius 1 is 0.640 bits per heavy atom. The summed E-state index contributed by atoms with van der Waals surface area (Å²) >= 11 is 0. The molecule has 0 spiro atoms. The summed E-state index contributed by atoms with van der Waals surface area (Å²) in [5.41, 5.74) is 0. The summed E-state index contributed by atoms with van der Waals surface area (Å²) in [5.74, 6) is 0. The van der Waals surface area contributed by atoms with Crippen molar-refractivity contribution < 1.29 is 20.9 Å². The molecule has 0 aliphatic carbocycles. The van der Waals surface area contributed by atoms with Crippen LogP contribution in [-0.2, 0) is 20.9 Å². The van der Waals surface area contributed by atoms with E-state index in [4.69, 9.17) is 20.9 Å². The number of rotatable bonds is 12. The smallest absolute Gasteiger partial charge is 0.436 e. The molecule has 11 heteroatoms. The van der Waals surface area contributed by atoms with Crippen molar-refractivity contribution >= 4 is 52.1 Å². The molecule has 0 saturated heterocycles. The summed E-state index contributed by atoms with van der Waals surface area (Å²) in [5, 5.41) is 0. The van der Waals surface area contributed by atoms with Gasteiger partial charge in [0, 0.05) is 13.7 Å². The van der Waals surface area contributed by atoms with E-state index in [0.29, 0.717) is 0 Å². The van der Waals surface area contributed by atoms with E-state index in [-0.39, 0.29) is 0 Å². The van der Waals surface area contributed by atoms with Crippen LogP contribution in [0.2, 0.25) is 84.1 Å². The van der Waals surface area contributed by atoms with Crippen LogP contribution in [0.3, 0.4) is 0 Å². The summed E-state index contributed by atoms with van der Waals surface area (Å²) in [6.07, 6.45) is 0. The standard InChI is InChI=1S/C14H42O5Si6/c1-15-24(10,11)18-22(6,7)13-14-23(8,9)19-25(12,16-20(2)3)17-21(4)5/h20-21H,13-14H2,1-12H3. The molecule has 0 aromatic rings. The van der Waals surface area contributed by atoms with Gasteiger partial charge < -0.3 is 20.9 Å². The fourth-order valence-corrected chi connectivity index (χ4v) is 27.0. The Morgan fingerprint density at radius 3 is 1.32 bits per heavy atom. The lowest BCUT2D eigenvalue weighted by atomic mass is 10.9. The summed E-state index contributed by atoms with van der Waals surface area (Å²) in [6.45, 7) is 24.3. The Hall–Kier alpha value is 1.10. The highest BCUT2D eigenvalue weighted by Gasteiger charge is 2.43. The van der Waals surface area contributed by atoms with Crippen LogP contribution in [0.25, 0.3) is 0 Å². The van der Waals surface area contributed by atoms with E-state index in [1.165, 1.54) is 0 Å². The SMILES string of the molecule is CO[Si](C)(C)O[Si](C)(C)CC[Si](C)(C)O[Si](C)(O[SiH](C)C)O[SiH](C)C. The van der Waals surface area contributed by atoms with Gasteiger partial charge in [-0.1, -0.05) is 0 Å². The second kappa shape index (κ2) is 10.0. The van der Waals surface area contributed by atoms with E-state index in [0.717, 1.165) is 12.1 Å². The third kappa shape index (κ3) is 12.2. The predicted octanol–water partition coefficient (Wildman–Crippen LogP) is 4.35. The number of hydrogen-bond acceptors (Lipinski definition) is 5. The Morgan fingerprint density at radius 2 is 1.00 bits per heavy atom. The van der Waals surface area contributed by atoms with Crippen molar-refractivity contribution in [1.29, 1.82) is 0 Å². The second-order valence-corrected chi connectivity index (χ2v) is 29.7. The van der Waals surface area contributed by atoms with Crippen LogP contribution in [0.4, 0.5) is 0 Å². The topological polar surface area (TPSA) is 46.2 Å². The Bertz CT molecular complexity index is 393. The van der Waals surface area contributed by atoms with E-state index < -0.39 is 52.1 Å². The van der Waals surface area contributed by atoms with Crippen LogP contribution in [0.1, 0.15) is 0 Å². The fourth-order valence-electron chi connectivity index (χ4n) is 2.85. The first-order chi connectivity index (χ1) is 11.0. The molecule has 0 N–H and O–H groups in total. The van der Waals surface area contributed by atoms with E-state index in [1.807, 2.05) is 0 Å². The second-order valence-electron chi connectivity index (χ2n) is 9.02. The molecule has 0 aliphatic rings. The monoisotopic (exact) mass is 458 g/mol. The molecule has 0 amide bonds. The van der Waals surface area contributed by atoms with E-state index in [1.54, 1.807) is 7.11 Å². The third-order valence-corrected chi connectivity index (χ3v) is 23.2. The molecule has 0 saturated carbocycles. The van der Waals surface area contributed by atoms with Crippen LogP contribution in [-0.4, -0.2) is 59.2 Å². The van der Waals surface area contributed by atoms with Crippen LogP contribution < -0.4 is 0 Å². The van der Waals surface area contributed by atoms with Gasteiger partial charge in [-0.25, -0.2) is 0 Å². The van der Waals surface area contributed by atoms with Gasteiger partial charge in [0.1, 0.15) is 0 Å². The molecule has 0 radical (unpaired) electrons. The van der Waals surface area contributed by atoms with Crippen molar-refractivity contribution in [3.8, 4) is 0 Å². The average molecular weight is 459 g/mol. The lowest BCUT2D eigenvalue weighted by Crippen LogP contribution is -2.55. The first kappa shape index (κ1) is 26.1. The summed E-state index contributed by atoms with van der Waals surface area (Å²) in [6, 6.07) is 2.17. The largest absolute Gasteiger partial charge is 0.465 e. The van der Waals surface area contributed by atoms with Gasteiger partial charge in [0.2, 0.25) is 0 Å².